The standard InChI is InChI=1S/C29H43N/c1-7-9-26-12-13-27(21(2)3)20-28(26)19-23(5)25-10-8-16-30(17-15-25)29-14-11-22(4)18-24(29)6/h11-14,18,20-21,23,25H,7-10,15-17,19H2,1-6H3. The van der Waals surface area contributed by atoms with Crippen molar-refractivity contribution < 1.29 is 0 Å². The second kappa shape index (κ2) is 10.5. The van der Waals surface area contributed by atoms with Crippen molar-refractivity contribution in [2.75, 3.05) is 18.0 Å². The van der Waals surface area contributed by atoms with Crippen LogP contribution in [0.1, 0.15) is 87.1 Å². The second-order valence-electron chi connectivity index (χ2n) is 10.1. The minimum Gasteiger partial charge on any atom is -0.371 e. The number of aryl methyl sites for hydroxylation is 3. The molecule has 1 nitrogen and oxygen atoms in total. The third-order valence-electron chi connectivity index (χ3n) is 7.23. The summed E-state index contributed by atoms with van der Waals surface area (Å²) in [6, 6.07) is 14.2. The lowest BCUT2D eigenvalue weighted by molar-refractivity contribution is 0.325. The summed E-state index contributed by atoms with van der Waals surface area (Å²) < 4.78 is 0. The molecular formula is C29H43N. The van der Waals surface area contributed by atoms with Crippen LogP contribution in [0.3, 0.4) is 0 Å². The highest BCUT2D eigenvalue weighted by molar-refractivity contribution is 5.54. The fourth-order valence-electron chi connectivity index (χ4n) is 5.31. The lowest BCUT2D eigenvalue weighted by Gasteiger charge is -2.26. The van der Waals surface area contributed by atoms with Crippen molar-refractivity contribution in [3.05, 3.63) is 64.2 Å². The maximum atomic E-state index is 2.64. The van der Waals surface area contributed by atoms with Gasteiger partial charge < -0.3 is 4.90 Å². The van der Waals surface area contributed by atoms with E-state index in [1.807, 2.05) is 0 Å². The highest BCUT2D eigenvalue weighted by Gasteiger charge is 2.23. The van der Waals surface area contributed by atoms with Crippen LogP contribution in [0.4, 0.5) is 5.69 Å². The molecule has 2 unspecified atom stereocenters. The quantitative estimate of drug-likeness (QED) is 0.453. The largest absolute Gasteiger partial charge is 0.371 e. The maximum absolute atomic E-state index is 2.64. The van der Waals surface area contributed by atoms with E-state index in [1.165, 1.54) is 74.0 Å². The third kappa shape index (κ3) is 5.68. The summed E-state index contributed by atoms with van der Waals surface area (Å²) in [6.45, 7) is 16.3. The monoisotopic (exact) mass is 405 g/mol. The molecule has 1 heterocycles. The van der Waals surface area contributed by atoms with E-state index in [1.54, 1.807) is 11.1 Å². The van der Waals surface area contributed by atoms with Gasteiger partial charge in [0.25, 0.3) is 0 Å². The molecule has 0 saturated carbocycles. The number of hydrogen-bond donors (Lipinski definition) is 0. The number of benzene rings is 2. The summed E-state index contributed by atoms with van der Waals surface area (Å²) in [5.74, 6) is 2.19. The SMILES string of the molecule is CCCc1ccc(C(C)C)cc1CC(C)C1CCCN(c2ccc(C)cc2C)CC1. The molecular weight excluding hydrogens is 362 g/mol. The Balaban J connectivity index is 1.69. The molecule has 1 heteroatoms. The van der Waals surface area contributed by atoms with Crippen LogP contribution < -0.4 is 4.90 Å². The Morgan fingerprint density at radius 1 is 0.933 bits per heavy atom. The number of nitrogens with zero attached hydrogens (tertiary/aromatic N) is 1. The van der Waals surface area contributed by atoms with E-state index in [0.29, 0.717) is 5.92 Å². The first-order chi connectivity index (χ1) is 14.4. The molecule has 1 fully saturated rings. The van der Waals surface area contributed by atoms with Gasteiger partial charge in [-0.25, -0.2) is 0 Å². The maximum Gasteiger partial charge on any atom is 0.0396 e. The molecule has 0 radical (unpaired) electrons. The fourth-order valence-corrected chi connectivity index (χ4v) is 5.31. The summed E-state index contributed by atoms with van der Waals surface area (Å²) in [4.78, 5) is 2.64. The summed E-state index contributed by atoms with van der Waals surface area (Å²) in [6.07, 6.45) is 7.69. The van der Waals surface area contributed by atoms with E-state index in [0.717, 1.165) is 11.8 Å². The Morgan fingerprint density at radius 2 is 1.73 bits per heavy atom. The van der Waals surface area contributed by atoms with Gasteiger partial charge in [-0.1, -0.05) is 70.0 Å². The minimum atomic E-state index is 0.610. The van der Waals surface area contributed by atoms with Crippen LogP contribution in [0.2, 0.25) is 0 Å². The zero-order chi connectivity index (χ0) is 21.7. The predicted octanol–water partition coefficient (Wildman–Crippen LogP) is 7.86. The first-order valence-corrected chi connectivity index (χ1v) is 12.3. The van der Waals surface area contributed by atoms with E-state index in [-0.39, 0.29) is 0 Å². The molecule has 0 bridgehead atoms. The van der Waals surface area contributed by atoms with Gasteiger partial charge in [0.05, 0.1) is 0 Å². The first-order valence-electron chi connectivity index (χ1n) is 12.3. The number of anilines is 1. The van der Waals surface area contributed by atoms with Crippen LogP contribution in [-0.2, 0) is 12.8 Å². The highest BCUT2D eigenvalue weighted by atomic mass is 15.1. The van der Waals surface area contributed by atoms with E-state index >= 15 is 0 Å². The van der Waals surface area contributed by atoms with Crippen molar-refractivity contribution in [2.45, 2.75) is 86.0 Å². The fraction of sp³-hybridized carbons (Fsp3) is 0.586. The molecule has 2 aromatic rings. The highest BCUT2D eigenvalue weighted by Crippen LogP contribution is 2.32. The van der Waals surface area contributed by atoms with E-state index in [9.17, 15) is 0 Å². The van der Waals surface area contributed by atoms with E-state index in [2.05, 4.69) is 82.8 Å². The van der Waals surface area contributed by atoms with Crippen molar-refractivity contribution in [3.63, 3.8) is 0 Å². The summed E-state index contributed by atoms with van der Waals surface area (Å²) in [7, 11) is 0. The van der Waals surface area contributed by atoms with Gasteiger partial charge in [0.1, 0.15) is 0 Å². The van der Waals surface area contributed by atoms with Crippen molar-refractivity contribution in [2.24, 2.45) is 11.8 Å². The third-order valence-corrected chi connectivity index (χ3v) is 7.23. The smallest absolute Gasteiger partial charge is 0.0396 e. The summed E-state index contributed by atoms with van der Waals surface area (Å²) in [5, 5.41) is 0. The Kier molecular flexibility index (Phi) is 8.03. The Hall–Kier alpha value is -1.76. The first kappa shape index (κ1) is 22.9. The topological polar surface area (TPSA) is 3.24 Å². The van der Waals surface area contributed by atoms with Crippen molar-refractivity contribution >= 4 is 5.69 Å². The van der Waals surface area contributed by atoms with Gasteiger partial charge in [-0.3, -0.25) is 0 Å². The van der Waals surface area contributed by atoms with Crippen LogP contribution in [0, 0.1) is 25.7 Å². The normalized spacial score (nSPS) is 18.5. The van der Waals surface area contributed by atoms with Gasteiger partial charge in [0.15, 0.2) is 0 Å². The average molecular weight is 406 g/mol. The molecule has 0 N–H and O–H groups in total. The van der Waals surface area contributed by atoms with Crippen LogP contribution in [0.25, 0.3) is 0 Å². The van der Waals surface area contributed by atoms with Crippen LogP contribution in [-0.4, -0.2) is 13.1 Å². The molecule has 30 heavy (non-hydrogen) atoms. The molecule has 2 atom stereocenters. The molecule has 0 aliphatic carbocycles. The van der Waals surface area contributed by atoms with Crippen LogP contribution in [0.15, 0.2) is 36.4 Å². The molecule has 0 aromatic heterocycles. The zero-order valence-corrected chi connectivity index (χ0v) is 20.3. The molecule has 1 aliphatic heterocycles. The second-order valence-corrected chi connectivity index (χ2v) is 10.1. The summed E-state index contributed by atoms with van der Waals surface area (Å²) in [5.41, 5.74) is 8.94. The molecule has 2 aromatic carbocycles. The lowest BCUT2D eigenvalue weighted by Crippen LogP contribution is -2.25. The predicted molar refractivity (Wildman–Crippen MR) is 133 cm³/mol. The molecule has 164 valence electrons. The summed E-state index contributed by atoms with van der Waals surface area (Å²) >= 11 is 0. The average Bonchev–Trinajstić information content (AvgIpc) is 2.95. The Morgan fingerprint density at radius 3 is 2.43 bits per heavy atom. The lowest BCUT2D eigenvalue weighted by atomic mass is 9.81. The van der Waals surface area contributed by atoms with Crippen molar-refractivity contribution in [1.29, 1.82) is 0 Å². The van der Waals surface area contributed by atoms with Crippen molar-refractivity contribution in [3.8, 4) is 0 Å². The van der Waals surface area contributed by atoms with Crippen molar-refractivity contribution in [1.82, 2.24) is 0 Å². The van der Waals surface area contributed by atoms with Gasteiger partial charge >= 0.3 is 0 Å². The van der Waals surface area contributed by atoms with Gasteiger partial charge in [-0.05, 0) is 92.0 Å². The molecule has 0 spiro atoms. The van der Waals surface area contributed by atoms with Gasteiger partial charge in [-0.2, -0.15) is 0 Å². The van der Waals surface area contributed by atoms with E-state index in [4.69, 9.17) is 0 Å². The molecule has 3 rings (SSSR count). The molecule has 0 amide bonds. The van der Waals surface area contributed by atoms with Gasteiger partial charge in [-0.15, -0.1) is 0 Å². The molecule has 1 aliphatic rings. The minimum absolute atomic E-state index is 0.610. The molecule has 1 saturated heterocycles. The van der Waals surface area contributed by atoms with Gasteiger partial charge in [0.2, 0.25) is 0 Å². The number of hydrogen-bond acceptors (Lipinski definition) is 1. The van der Waals surface area contributed by atoms with Gasteiger partial charge in [0, 0.05) is 18.8 Å². The van der Waals surface area contributed by atoms with Crippen LogP contribution in [0.5, 0.6) is 0 Å². The number of rotatable bonds is 7. The zero-order valence-electron chi connectivity index (χ0n) is 20.3. The Labute approximate surface area is 185 Å². The van der Waals surface area contributed by atoms with E-state index < -0.39 is 0 Å². The van der Waals surface area contributed by atoms with Crippen LogP contribution >= 0.6 is 0 Å². The Bertz CT molecular complexity index is 819.